The van der Waals surface area contributed by atoms with Crippen LogP contribution in [0.3, 0.4) is 0 Å². The molecule has 8 heteroatoms. The molecule has 0 saturated carbocycles. The van der Waals surface area contributed by atoms with Crippen molar-refractivity contribution in [3.63, 3.8) is 0 Å². The zero-order valence-corrected chi connectivity index (χ0v) is 14.5. The van der Waals surface area contributed by atoms with Gasteiger partial charge in [0.25, 0.3) is 0 Å². The molecule has 1 amide bonds. The normalized spacial score (nSPS) is 22.4. The molecule has 2 aromatic heterocycles. The van der Waals surface area contributed by atoms with Crippen LogP contribution in [0, 0.1) is 23.2 Å². The van der Waals surface area contributed by atoms with E-state index in [1.807, 2.05) is 18.3 Å². The summed E-state index contributed by atoms with van der Waals surface area (Å²) >= 11 is 0. The van der Waals surface area contributed by atoms with E-state index >= 15 is 0 Å². The number of H-pyrrole nitrogens is 1. The molecule has 0 radical (unpaired) electrons. The third-order valence-corrected chi connectivity index (χ3v) is 5.30. The van der Waals surface area contributed by atoms with Crippen molar-refractivity contribution in [1.82, 2.24) is 14.9 Å². The summed E-state index contributed by atoms with van der Waals surface area (Å²) in [5, 5.41) is 19.9. The molecule has 0 unspecified atom stereocenters. The van der Waals surface area contributed by atoms with Gasteiger partial charge in [-0.2, -0.15) is 5.26 Å². The quantitative estimate of drug-likeness (QED) is 0.804. The number of allylic oxidation sites excluding steroid dienone is 1. The number of nitrogens with one attached hydrogen (secondary N) is 1. The molecule has 2 atom stereocenters. The maximum atomic E-state index is 12.0. The lowest BCUT2D eigenvalue weighted by molar-refractivity contribution is -0.132. The number of likely N-dealkylation sites (tertiary alicyclic amines) is 1. The van der Waals surface area contributed by atoms with Crippen molar-refractivity contribution in [1.29, 1.82) is 5.26 Å². The number of piperidine rings is 1. The van der Waals surface area contributed by atoms with Crippen LogP contribution in [0.1, 0.15) is 25.3 Å². The molecule has 0 bridgehead atoms. The summed E-state index contributed by atoms with van der Waals surface area (Å²) in [6.07, 6.45) is 4.18. The molecule has 2 aromatic rings. The third-order valence-electron chi connectivity index (χ3n) is 5.30. The van der Waals surface area contributed by atoms with Gasteiger partial charge < -0.3 is 19.6 Å². The summed E-state index contributed by atoms with van der Waals surface area (Å²) in [7, 11) is -0.999. The molecule has 1 fully saturated rings. The smallest absolute Gasteiger partial charge is 0.531 e. The Labute approximate surface area is 151 Å². The second kappa shape index (κ2) is 6.50. The van der Waals surface area contributed by atoms with Gasteiger partial charge in [0.2, 0.25) is 5.91 Å². The second-order valence-corrected chi connectivity index (χ2v) is 6.91. The zero-order chi connectivity index (χ0) is 18.3. The molecule has 0 spiro atoms. The molecule has 26 heavy (non-hydrogen) atoms. The fourth-order valence-electron chi connectivity index (χ4n) is 4.10. The van der Waals surface area contributed by atoms with Crippen LogP contribution in [0.4, 0.5) is 0 Å². The van der Waals surface area contributed by atoms with Crippen molar-refractivity contribution in [2.24, 2.45) is 11.8 Å². The minimum absolute atomic E-state index is 0.0783. The standard InChI is InChI=1S/C18H19BN4O3/c1-11-10-23(16(24)2-5-20)7-4-12(11)14-8-19(25)26-15-9-22-18-13(17(14)15)3-6-21-18/h3,6,8-9,11-12,25H,2,4,7,10H2,1H3,(H,21,22)/t11-,12+/m0/s1. The number of aromatic amines is 1. The highest BCUT2D eigenvalue weighted by molar-refractivity contribution is 6.52. The Morgan fingerprint density at radius 3 is 3.23 bits per heavy atom. The monoisotopic (exact) mass is 350 g/mol. The van der Waals surface area contributed by atoms with Crippen molar-refractivity contribution in [3.8, 4) is 11.8 Å². The van der Waals surface area contributed by atoms with E-state index in [0.29, 0.717) is 18.8 Å². The van der Waals surface area contributed by atoms with Gasteiger partial charge in [0.15, 0.2) is 0 Å². The van der Waals surface area contributed by atoms with Gasteiger partial charge in [0.1, 0.15) is 17.8 Å². The van der Waals surface area contributed by atoms with E-state index < -0.39 is 7.12 Å². The minimum atomic E-state index is -0.999. The second-order valence-electron chi connectivity index (χ2n) is 6.91. The molecule has 0 aliphatic carbocycles. The van der Waals surface area contributed by atoms with Crippen molar-refractivity contribution in [2.75, 3.05) is 13.1 Å². The highest BCUT2D eigenvalue weighted by atomic mass is 16.5. The first-order valence-corrected chi connectivity index (χ1v) is 8.76. The van der Waals surface area contributed by atoms with Crippen LogP contribution < -0.4 is 4.65 Å². The number of aromatic nitrogens is 2. The van der Waals surface area contributed by atoms with E-state index in [1.54, 1.807) is 17.1 Å². The van der Waals surface area contributed by atoms with Gasteiger partial charge in [-0.25, -0.2) is 4.98 Å². The summed E-state index contributed by atoms with van der Waals surface area (Å²) in [6, 6.07) is 3.89. The SMILES string of the molecule is C[C@H]1CN(C(=O)CC#N)CC[C@H]1C1=CB(O)Oc2cnc3[nH]ccc3c21. The van der Waals surface area contributed by atoms with Gasteiger partial charge >= 0.3 is 7.12 Å². The lowest BCUT2D eigenvalue weighted by Gasteiger charge is -2.39. The largest absolute Gasteiger partial charge is 0.552 e. The van der Waals surface area contributed by atoms with Crippen molar-refractivity contribution < 1.29 is 14.5 Å². The number of hydrogen-bond donors (Lipinski definition) is 2. The highest BCUT2D eigenvalue weighted by Gasteiger charge is 2.36. The number of amides is 1. The third kappa shape index (κ3) is 2.74. The summed E-state index contributed by atoms with van der Waals surface area (Å²) in [4.78, 5) is 21.3. The van der Waals surface area contributed by atoms with Gasteiger partial charge in [-0.1, -0.05) is 6.92 Å². The van der Waals surface area contributed by atoms with E-state index in [1.165, 1.54) is 0 Å². The Bertz CT molecular complexity index is 932. The van der Waals surface area contributed by atoms with E-state index in [0.717, 1.165) is 28.6 Å². The minimum Gasteiger partial charge on any atom is -0.531 e. The molecule has 2 aliphatic heterocycles. The van der Waals surface area contributed by atoms with Crippen molar-refractivity contribution in [3.05, 3.63) is 30.0 Å². The Morgan fingerprint density at radius 1 is 1.62 bits per heavy atom. The first-order chi connectivity index (χ1) is 12.6. The Hall–Kier alpha value is -2.79. The lowest BCUT2D eigenvalue weighted by Crippen LogP contribution is -2.43. The summed E-state index contributed by atoms with van der Waals surface area (Å²) in [5.74, 6) is 2.63. The number of fused-ring (bicyclic) bond motifs is 3. The van der Waals surface area contributed by atoms with Crippen LogP contribution in [0.2, 0.25) is 0 Å². The van der Waals surface area contributed by atoms with Crippen LogP contribution in [-0.4, -0.2) is 46.0 Å². The van der Waals surface area contributed by atoms with Crippen LogP contribution in [0.15, 0.2) is 24.4 Å². The van der Waals surface area contributed by atoms with Crippen LogP contribution in [0.5, 0.6) is 5.75 Å². The van der Waals surface area contributed by atoms with Crippen LogP contribution >= 0.6 is 0 Å². The van der Waals surface area contributed by atoms with E-state index in [-0.39, 0.29) is 24.2 Å². The molecular formula is C18H19BN4O3. The van der Waals surface area contributed by atoms with Crippen molar-refractivity contribution in [2.45, 2.75) is 19.8 Å². The average Bonchev–Trinajstić information content (AvgIpc) is 3.09. The predicted octanol–water partition coefficient (Wildman–Crippen LogP) is 1.76. The lowest BCUT2D eigenvalue weighted by atomic mass is 9.71. The number of carbonyl (C=O) groups excluding carboxylic acids is 1. The summed E-state index contributed by atoms with van der Waals surface area (Å²) in [6.45, 7) is 3.32. The molecule has 4 rings (SSSR count). The van der Waals surface area contributed by atoms with Crippen LogP contribution in [-0.2, 0) is 4.79 Å². The maximum Gasteiger partial charge on any atom is 0.552 e. The summed E-state index contributed by atoms with van der Waals surface area (Å²) < 4.78 is 5.56. The van der Waals surface area contributed by atoms with Gasteiger partial charge in [0.05, 0.1) is 12.3 Å². The number of carbonyl (C=O) groups is 1. The molecular weight excluding hydrogens is 331 g/mol. The number of nitrogens with zero attached hydrogens (tertiary/aromatic N) is 3. The first-order valence-electron chi connectivity index (χ1n) is 8.76. The molecule has 7 nitrogen and oxygen atoms in total. The molecule has 2 aliphatic rings. The van der Waals surface area contributed by atoms with Gasteiger partial charge in [-0.3, -0.25) is 4.79 Å². The van der Waals surface area contributed by atoms with Crippen molar-refractivity contribution >= 4 is 29.6 Å². The topological polar surface area (TPSA) is 102 Å². The van der Waals surface area contributed by atoms with Gasteiger partial charge in [-0.15, -0.1) is 0 Å². The summed E-state index contributed by atoms with van der Waals surface area (Å²) in [5.41, 5.74) is 2.80. The van der Waals surface area contributed by atoms with E-state index in [4.69, 9.17) is 9.92 Å². The maximum absolute atomic E-state index is 12.0. The molecule has 4 heterocycles. The first kappa shape index (κ1) is 16.7. The number of rotatable bonds is 2. The van der Waals surface area contributed by atoms with Gasteiger partial charge in [0, 0.05) is 30.2 Å². The highest BCUT2D eigenvalue weighted by Crippen LogP contribution is 2.43. The Kier molecular flexibility index (Phi) is 4.17. The Balaban J connectivity index is 1.67. The predicted molar refractivity (Wildman–Crippen MR) is 96.8 cm³/mol. The fraction of sp³-hybridized carbons (Fsp3) is 0.389. The van der Waals surface area contributed by atoms with E-state index in [9.17, 15) is 9.82 Å². The molecule has 1 saturated heterocycles. The van der Waals surface area contributed by atoms with E-state index in [2.05, 4.69) is 16.9 Å². The zero-order valence-electron chi connectivity index (χ0n) is 14.5. The number of hydrogen-bond acceptors (Lipinski definition) is 5. The number of pyridine rings is 1. The van der Waals surface area contributed by atoms with Gasteiger partial charge in [-0.05, 0) is 35.9 Å². The number of nitriles is 1. The fourth-order valence-corrected chi connectivity index (χ4v) is 4.10. The molecule has 132 valence electrons. The molecule has 0 aromatic carbocycles. The average molecular weight is 350 g/mol. The van der Waals surface area contributed by atoms with Crippen LogP contribution in [0.25, 0.3) is 16.6 Å². The molecule has 2 N–H and O–H groups in total. The Morgan fingerprint density at radius 2 is 2.46 bits per heavy atom.